The van der Waals surface area contributed by atoms with Crippen molar-refractivity contribution in [3.8, 4) is 11.5 Å². The average Bonchev–Trinajstić information content (AvgIpc) is 3.59. The second-order valence-corrected chi connectivity index (χ2v) is 12.8. The van der Waals surface area contributed by atoms with Crippen LogP contribution in [0.5, 0.6) is 11.5 Å². The first-order chi connectivity index (χ1) is 22.0. The summed E-state index contributed by atoms with van der Waals surface area (Å²) in [4.78, 5) is 24.6. The topological polar surface area (TPSA) is 152 Å². The normalized spacial score (nSPS) is 25.2. The van der Waals surface area contributed by atoms with Gasteiger partial charge in [-0.3, -0.25) is 0 Å². The fourth-order valence-electron chi connectivity index (χ4n) is 6.55. The van der Waals surface area contributed by atoms with E-state index in [4.69, 9.17) is 18.9 Å². The molecule has 6 atom stereocenters. The van der Waals surface area contributed by atoms with Gasteiger partial charge in [0.25, 0.3) is 0 Å². The Hall–Kier alpha value is -3.18. The van der Waals surface area contributed by atoms with Crippen molar-refractivity contribution >= 4 is 11.9 Å². The summed E-state index contributed by atoms with van der Waals surface area (Å²) in [5, 5.41) is 44.2. The number of carbonyl (C=O) groups is 2. The summed E-state index contributed by atoms with van der Waals surface area (Å²) in [5.41, 5.74) is -4.12. The molecule has 4 N–H and O–H groups in total. The third-order valence-electron chi connectivity index (χ3n) is 9.62. The number of hydrogen-bond acceptors (Lipinski definition) is 8. The van der Waals surface area contributed by atoms with Crippen LogP contribution < -0.4 is 9.47 Å². The van der Waals surface area contributed by atoms with Crippen molar-refractivity contribution in [1.82, 2.24) is 0 Å². The van der Waals surface area contributed by atoms with Crippen LogP contribution in [-0.2, 0) is 20.7 Å². The molecule has 0 spiro atoms. The van der Waals surface area contributed by atoms with Gasteiger partial charge in [-0.05, 0) is 61.1 Å². The Morgan fingerprint density at radius 2 is 1.13 bits per heavy atom. The molecule has 2 aliphatic rings. The van der Waals surface area contributed by atoms with Gasteiger partial charge in [-0.2, -0.15) is 0 Å². The summed E-state index contributed by atoms with van der Waals surface area (Å²) in [6, 6.07) is 8.92. The highest BCUT2D eigenvalue weighted by Gasteiger charge is 2.64. The lowest BCUT2D eigenvalue weighted by Gasteiger charge is -2.30. The molecular weight excluding hydrogens is 592 g/mol. The van der Waals surface area contributed by atoms with Crippen LogP contribution in [-0.4, -0.2) is 71.0 Å². The molecule has 4 rings (SSSR count). The highest BCUT2D eigenvalue weighted by Crippen LogP contribution is 2.50. The Bertz CT molecular complexity index is 1240. The lowest BCUT2D eigenvalue weighted by Crippen LogP contribution is -2.45. The van der Waals surface area contributed by atoms with Crippen LogP contribution in [0.25, 0.3) is 0 Å². The molecule has 0 aromatic heterocycles. The van der Waals surface area contributed by atoms with Crippen LogP contribution in [0.15, 0.2) is 36.4 Å². The highest BCUT2D eigenvalue weighted by molar-refractivity contribution is 5.91. The van der Waals surface area contributed by atoms with E-state index in [0.717, 1.165) is 51.4 Å². The average molecular weight is 643 g/mol. The van der Waals surface area contributed by atoms with Gasteiger partial charge in [-0.25, -0.2) is 9.59 Å². The van der Waals surface area contributed by atoms with Crippen molar-refractivity contribution in [3.05, 3.63) is 58.7 Å². The van der Waals surface area contributed by atoms with Crippen LogP contribution in [0.3, 0.4) is 0 Å². The fraction of sp³-hybridized carbons (Fsp3) is 0.611. The molecule has 2 aliphatic heterocycles. The lowest BCUT2D eigenvalue weighted by atomic mass is 9.80. The van der Waals surface area contributed by atoms with Crippen molar-refractivity contribution in [1.29, 1.82) is 0 Å². The number of hydrogen-bond donors (Lipinski definition) is 4. The van der Waals surface area contributed by atoms with E-state index >= 15 is 0 Å². The van der Waals surface area contributed by atoms with Gasteiger partial charge in [0.05, 0.1) is 37.6 Å². The van der Waals surface area contributed by atoms with Gasteiger partial charge in [0, 0.05) is 11.1 Å². The van der Waals surface area contributed by atoms with Crippen LogP contribution in [0, 0.1) is 11.8 Å². The smallest absolute Gasteiger partial charge is 0.336 e. The highest BCUT2D eigenvalue weighted by atomic mass is 16.6. The van der Waals surface area contributed by atoms with Crippen molar-refractivity contribution < 1.29 is 49.0 Å². The maximum atomic E-state index is 12.3. The van der Waals surface area contributed by atoms with Gasteiger partial charge in [0.15, 0.2) is 0 Å². The van der Waals surface area contributed by atoms with E-state index in [-0.39, 0.29) is 35.5 Å². The molecule has 46 heavy (non-hydrogen) atoms. The lowest BCUT2D eigenvalue weighted by molar-refractivity contribution is -0.0956. The summed E-state index contributed by atoms with van der Waals surface area (Å²) < 4.78 is 24.1. The predicted octanol–water partition coefficient (Wildman–Crippen LogP) is 6.15. The molecule has 254 valence electrons. The zero-order chi connectivity index (χ0) is 33.5. The molecule has 2 heterocycles. The molecule has 0 amide bonds. The number of carboxylic acids is 2. The molecule has 0 bridgehead atoms. The minimum Gasteiger partial charge on any atom is -0.493 e. The van der Waals surface area contributed by atoms with Gasteiger partial charge in [-0.15, -0.1) is 0 Å². The minimum atomic E-state index is -1.96. The van der Waals surface area contributed by atoms with E-state index in [1.165, 1.54) is 24.3 Å². The van der Waals surface area contributed by atoms with E-state index in [1.54, 1.807) is 12.1 Å². The number of ether oxygens (including phenoxy) is 4. The quantitative estimate of drug-likeness (QED) is 0.149. The molecule has 2 saturated heterocycles. The molecule has 2 unspecified atom stereocenters. The third kappa shape index (κ3) is 7.51. The zero-order valence-corrected chi connectivity index (χ0v) is 27.5. The number of aliphatic hydroxyl groups is 2. The molecule has 2 aromatic rings. The maximum Gasteiger partial charge on any atom is 0.336 e. The zero-order valence-electron chi connectivity index (χ0n) is 27.5. The Morgan fingerprint density at radius 3 is 1.46 bits per heavy atom. The van der Waals surface area contributed by atoms with Gasteiger partial charge >= 0.3 is 11.9 Å². The molecule has 10 nitrogen and oxygen atoms in total. The summed E-state index contributed by atoms with van der Waals surface area (Å²) in [6.07, 6.45) is 5.87. The van der Waals surface area contributed by atoms with E-state index in [0.29, 0.717) is 36.5 Å². The Kier molecular flexibility index (Phi) is 12.1. The van der Waals surface area contributed by atoms with Crippen LogP contribution in [0.1, 0.15) is 111 Å². The second-order valence-electron chi connectivity index (χ2n) is 12.8. The van der Waals surface area contributed by atoms with Gasteiger partial charge in [0.2, 0.25) is 0 Å². The maximum absolute atomic E-state index is 12.3. The van der Waals surface area contributed by atoms with Crippen molar-refractivity contribution in [2.75, 3.05) is 26.4 Å². The van der Waals surface area contributed by atoms with Gasteiger partial charge in [0.1, 0.15) is 34.9 Å². The first-order valence-electron chi connectivity index (χ1n) is 16.7. The third-order valence-corrected chi connectivity index (χ3v) is 9.62. The molecule has 0 saturated carbocycles. The first kappa shape index (κ1) is 35.7. The van der Waals surface area contributed by atoms with Crippen molar-refractivity contribution in [2.24, 2.45) is 11.8 Å². The first-order valence-corrected chi connectivity index (χ1v) is 16.7. The Balaban J connectivity index is 1.63. The monoisotopic (exact) mass is 642 g/mol. The van der Waals surface area contributed by atoms with E-state index in [9.17, 15) is 30.0 Å². The number of benzene rings is 2. The number of carboxylic acid groups (broad SMARTS) is 2. The number of unbranched alkanes of at least 4 members (excludes halogenated alkanes) is 2. The Labute approximate surface area is 271 Å². The molecule has 10 heteroatoms. The summed E-state index contributed by atoms with van der Waals surface area (Å²) in [5.74, 6) is -1.01. The second kappa shape index (κ2) is 15.6. The van der Waals surface area contributed by atoms with E-state index < -0.39 is 35.3 Å². The predicted molar refractivity (Wildman–Crippen MR) is 172 cm³/mol. The van der Waals surface area contributed by atoms with E-state index in [1.807, 2.05) is 0 Å². The summed E-state index contributed by atoms with van der Waals surface area (Å²) in [6.45, 7) is 8.63. The molecule has 2 fully saturated rings. The van der Waals surface area contributed by atoms with Crippen molar-refractivity contribution in [2.45, 2.75) is 102 Å². The SMILES string of the molecule is CCCCC(CC)COc1ccc(C(=O)O)c([C@]2(O)CO[C@H]3[C@@H]2OC[C@]3(O)c2cc(OCC(CC)CCCC)ccc2C(=O)O)c1. The fourth-order valence-corrected chi connectivity index (χ4v) is 6.55. The Morgan fingerprint density at radius 1 is 0.739 bits per heavy atom. The molecular formula is C36H50O10. The van der Waals surface area contributed by atoms with Crippen LogP contribution in [0.4, 0.5) is 0 Å². The van der Waals surface area contributed by atoms with Gasteiger partial charge in [-0.1, -0.05) is 66.2 Å². The van der Waals surface area contributed by atoms with Gasteiger partial charge < -0.3 is 39.4 Å². The minimum absolute atomic E-state index is 0.0454. The standard InChI is InChI=1S/C36H50O10/c1-5-9-11-23(7-3)19-43-25-13-15-27(33(37)38)29(17-25)35(41)21-45-32-31(35)46-22-36(32,42)30-18-26(14-16-28(30)34(39)40)44-20-24(8-4)12-10-6-2/h13-18,23-24,31-32,41-42H,5-12,19-22H2,1-4H3,(H,37,38)(H,39,40)/t23?,24?,31-,32-,35-,36+/m0/s1. The number of fused-ring (bicyclic) bond motifs is 1. The van der Waals surface area contributed by atoms with Crippen molar-refractivity contribution in [3.63, 3.8) is 0 Å². The van der Waals surface area contributed by atoms with Crippen LogP contribution >= 0.6 is 0 Å². The van der Waals surface area contributed by atoms with E-state index in [2.05, 4.69) is 27.7 Å². The number of rotatable bonds is 18. The largest absolute Gasteiger partial charge is 0.493 e. The summed E-state index contributed by atoms with van der Waals surface area (Å²) in [7, 11) is 0. The molecule has 0 aliphatic carbocycles. The van der Waals surface area contributed by atoms with Crippen LogP contribution in [0.2, 0.25) is 0 Å². The molecule has 0 radical (unpaired) electrons. The molecule has 2 aromatic carbocycles. The number of aromatic carboxylic acids is 2. The summed E-state index contributed by atoms with van der Waals surface area (Å²) >= 11 is 0.